The van der Waals surface area contributed by atoms with Gasteiger partial charge in [0.15, 0.2) is 14.3 Å². The predicted octanol–water partition coefficient (Wildman–Crippen LogP) is 5.60. The Kier molecular flexibility index (Phi) is 12.9. The molecule has 0 fully saturated rings. The third-order valence-electron chi connectivity index (χ3n) is 5.82. The van der Waals surface area contributed by atoms with Gasteiger partial charge in [-0.1, -0.05) is 91.0 Å². The maximum atomic E-state index is 7.50. The van der Waals surface area contributed by atoms with Crippen LogP contribution in [-0.2, 0) is 24.1 Å². The van der Waals surface area contributed by atoms with Crippen molar-refractivity contribution in [3.05, 3.63) is 149 Å². The Bertz CT molecular complexity index is 1600. The molecule has 0 saturated heterocycles. The summed E-state index contributed by atoms with van der Waals surface area (Å²) in [4.78, 5) is 8.92. The molecule has 0 radical (unpaired) electrons. The summed E-state index contributed by atoms with van der Waals surface area (Å²) in [6.45, 7) is 4.50. The van der Waals surface area contributed by atoms with Gasteiger partial charge in [-0.25, -0.2) is 0 Å². The number of aromatic nitrogens is 6. The number of nitrogens with one attached hydrogen (secondary N) is 3. The first-order valence-electron chi connectivity index (χ1n) is 12.1. The molecule has 0 aliphatic heterocycles. The van der Waals surface area contributed by atoms with Gasteiger partial charge in [-0.05, 0) is 60.5 Å². The van der Waals surface area contributed by atoms with Crippen molar-refractivity contribution >= 4 is 67.6 Å². The van der Waals surface area contributed by atoms with E-state index in [0.717, 1.165) is 0 Å². The maximum Gasteiger partial charge on any atom is 0 e. The summed E-state index contributed by atoms with van der Waals surface area (Å²) in [6, 6.07) is 32.3. The molecule has 3 aromatic heterocycles. The quantitative estimate of drug-likeness (QED) is 0.0697. The van der Waals surface area contributed by atoms with Crippen LogP contribution in [0.2, 0.25) is 0 Å². The maximum absolute atomic E-state index is 7.50. The zero-order valence-corrected chi connectivity index (χ0v) is 26.6. The number of rotatable bonds is 6. The molecule has 0 bridgehead atoms. The van der Waals surface area contributed by atoms with Gasteiger partial charge in [-0.3, -0.25) is 0 Å². The van der Waals surface area contributed by atoms with E-state index in [1.807, 2.05) is 32.0 Å². The van der Waals surface area contributed by atoms with Gasteiger partial charge in [-0.2, -0.15) is 0 Å². The number of imidazole rings is 3. The minimum Gasteiger partial charge on any atom is -0.0622 e. The van der Waals surface area contributed by atoms with Crippen molar-refractivity contribution in [2.75, 3.05) is 0 Å². The molecule has 0 aliphatic rings. The summed E-state index contributed by atoms with van der Waals surface area (Å²) >= 11 is 15.9. The van der Waals surface area contributed by atoms with Crippen LogP contribution in [0, 0.1) is 21.0 Å². The fourth-order valence-electron chi connectivity index (χ4n) is 4.12. The van der Waals surface area contributed by atoms with Gasteiger partial charge >= 0.3 is 18.4 Å². The van der Waals surface area contributed by atoms with Crippen LogP contribution in [-0.4, -0.2) is 35.5 Å². The van der Waals surface area contributed by atoms with E-state index < -0.39 is 7.92 Å². The molecule has 13 heteroatoms. The van der Waals surface area contributed by atoms with Crippen molar-refractivity contribution in [1.82, 2.24) is 28.4 Å². The Morgan fingerprint density at radius 2 is 0.805 bits per heavy atom. The standard InChI is InChI=1S/C18H15P.C9H9BN6S3.CO.Ru/c1-4-10-16(11-5-1)19(17-12-6-2-7-13-17)18-14-8-3-9-15-18;17-7-11-1-4-14(7)10(15-5-2-12-8(15)18)16-6-3-13-9(16)19;1-2;/h1-15H;1-6H,(H,11,17)(H,12,18)(H,13,19);;. The Labute approximate surface area is 267 Å². The van der Waals surface area contributed by atoms with E-state index in [-0.39, 0.29) is 26.6 Å². The Morgan fingerprint density at radius 3 is 1.02 bits per heavy atom. The van der Waals surface area contributed by atoms with Crippen LogP contribution in [0.25, 0.3) is 0 Å². The number of nitrogens with zero attached hydrogens (tertiary/aromatic N) is 3. The van der Waals surface area contributed by atoms with E-state index in [1.165, 1.54) is 15.9 Å². The third kappa shape index (κ3) is 7.97. The van der Waals surface area contributed by atoms with Gasteiger partial charge in [0.25, 0.3) is 0 Å². The summed E-state index contributed by atoms with van der Waals surface area (Å²) in [5.41, 5.74) is 0. The molecule has 0 unspecified atom stereocenters. The first kappa shape index (κ1) is 32.3. The third-order valence-corrected chi connectivity index (χ3v) is 9.25. The van der Waals surface area contributed by atoms with Crippen LogP contribution in [0.15, 0.2) is 128 Å². The van der Waals surface area contributed by atoms with E-state index in [9.17, 15) is 0 Å². The number of aromatic amines is 3. The van der Waals surface area contributed by atoms with E-state index in [2.05, 4.69) is 113 Å². The Morgan fingerprint density at radius 1 is 0.537 bits per heavy atom. The normalized spacial score (nSPS) is 9.93. The molecule has 0 amide bonds. The van der Waals surface area contributed by atoms with E-state index in [0.29, 0.717) is 14.3 Å². The predicted molar refractivity (Wildman–Crippen MR) is 170 cm³/mol. The summed E-state index contributed by atoms with van der Waals surface area (Å²) in [7, 11) is -0.727. The second-order valence-corrected chi connectivity index (χ2v) is 11.6. The average Bonchev–Trinajstić information content (AvgIpc) is 3.75. The van der Waals surface area contributed by atoms with Crippen LogP contribution < -0.4 is 15.9 Å². The molecule has 0 aliphatic carbocycles. The Balaban J connectivity index is 0.000000208. The van der Waals surface area contributed by atoms with Crippen LogP contribution in [0.1, 0.15) is 0 Å². The van der Waals surface area contributed by atoms with Crippen molar-refractivity contribution < 1.29 is 24.1 Å². The molecule has 3 heterocycles. The average molecular weight is 700 g/mol. The zero-order valence-electron chi connectivity index (χ0n) is 21.5. The van der Waals surface area contributed by atoms with Gasteiger partial charge in [0.1, 0.15) is 0 Å². The van der Waals surface area contributed by atoms with Gasteiger partial charge < -0.3 is 28.4 Å². The monoisotopic (exact) mass is 700 g/mol. The van der Waals surface area contributed by atoms with Crippen LogP contribution in [0.5, 0.6) is 0 Å². The SMILES string of the molecule is S=c1[nH]ccn1B(n1cc[nH]c1=S)n1cc[nH]c1=S.[C-]#[O+].[Ru].c1ccc(P(c2ccccc2)c2ccccc2)cc1. The first-order chi connectivity index (χ1) is 19.6. The van der Waals surface area contributed by atoms with Crippen molar-refractivity contribution in [2.24, 2.45) is 0 Å². The molecule has 0 atom stereocenters. The first-order valence-corrected chi connectivity index (χ1v) is 14.6. The molecule has 3 aromatic carbocycles. The fraction of sp³-hybridized carbons (Fsp3) is 0. The van der Waals surface area contributed by atoms with E-state index >= 15 is 0 Å². The molecule has 6 rings (SSSR count). The summed E-state index contributed by atoms with van der Waals surface area (Å²) < 4.78 is 14.9. The summed E-state index contributed by atoms with van der Waals surface area (Å²) in [5.74, 6) is 0. The van der Waals surface area contributed by atoms with E-state index in [1.54, 1.807) is 18.6 Å². The molecule has 41 heavy (non-hydrogen) atoms. The molecule has 206 valence electrons. The molecule has 7 nitrogen and oxygen atoms in total. The van der Waals surface area contributed by atoms with Gasteiger partial charge in [0.05, 0.1) is 0 Å². The number of hydrogen-bond donors (Lipinski definition) is 3. The van der Waals surface area contributed by atoms with Gasteiger partial charge in [-0.15, -0.1) is 0 Å². The largest absolute Gasteiger partial charge is 0.0622 e. The van der Waals surface area contributed by atoms with Crippen molar-refractivity contribution in [1.29, 1.82) is 0 Å². The zero-order chi connectivity index (χ0) is 28.3. The van der Waals surface area contributed by atoms with Crippen LogP contribution in [0.4, 0.5) is 0 Å². The minimum atomic E-state index is -0.446. The molecule has 0 saturated carbocycles. The van der Waals surface area contributed by atoms with Crippen LogP contribution in [0.3, 0.4) is 0 Å². The topological polar surface area (TPSA) is 82.1 Å². The van der Waals surface area contributed by atoms with Crippen molar-refractivity contribution in [2.45, 2.75) is 0 Å². The van der Waals surface area contributed by atoms with Crippen molar-refractivity contribution in [3.63, 3.8) is 0 Å². The second kappa shape index (κ2) is 16.3. The van der Waals surface area contributed by atoms with E-state index in [4.69, 9.17) is 41.3 Å². The number of hydrogen-bond acceptors (Lipinski definition) is 3. The number of H-pyrrole nitrogens is 3. The van der Waals surface area contributed by atoms with Crippen molar-refractivity contribution in [3.8, 4) is 0 Å². The van der Waals surface area contributed by atoms with Crippen LogP contribution >= 0.6 is 44.6 Å². The molecular formula is C28H24BN6OPRuS3. The molecular weight excluding hydrogens is 675 g/mol. The summed E-state index contributed by atoms with van der Waals surface area (Å²) in [6.07, 6.45) is 10.9. The van der Waals surface area contributed by atoms with Gasteiger partial charge in [0, 0.05) is 56.7 Å². The minimum absolute atomic E-state index is 0. The molecule has 3 N–H and O–H groups in total. The summed E-state index contributed by atoms with van der Waals surface area (Å²) in [5, 5.41) is 4.19. The molecule has 6 aromatic rings. The fourth-order valence-corrected chi connectivity index (χ4v) is 7.09. The van der Waals surface area contributed by atoms with Gasteiger partial charge in [0.2, 0.25) is 0 Å². The second-order valence-electron chi connectivity index (χ2n) is 8.21. The smallest absolute Gasteiger partial charge is 0 e. The Hall–Kier alpha value is -3.19. The number of benzene rings is 3. The molecule has 0 spiro atoms.